The summed E-state index contributed by atoms with van der Waals surface area (Å²) in [6, 6.07) is 8.69. The number of benzene rings is 2. The van der Waals surface area contributed by atoms with E-state index in [1.807, 2.05) is 0 Å². The molecule has 2 aromatic carbocycles. The fourth-order valence-electron chi connectivity index (χ4n) is 2.05. The van der Waals surface area contributed by atoms with Crippen LogP contribution >= 0.6 is 0 Å². The monoisotopic (exact) mass is 384 g/mol. The second-order valence-electron chi connectivity index (χ2n) is 5.04. The zero-order chi connectivity index (χ0) is 18.8. The highest BCUT2D eigenvalue weighted by Gasteiger charge is 2.29. The molecule has 0 aliphatic rings. The first-order chi connectivity index (χ1) is 11.6. The lowest BCUT2D eigenvalue weighted by atomic mass is 10.3. The maximum absolute atomic E-state index is 12.8. The molecule has 1 amide bonds. The molecular weight excluding hydrogens is 368 g/mol. The second-order valence-corrected chi connectivity index (χ2v) is 8.61. The number of rotatable bonds is 5. The highest BCUT2D eigenvalue weighted by atomic mass is 32.2. The molecular formula is C14H16N4O5S2. The molecule has 25 heavy (non-hydrogen) atoms. The standard InChI is InChI=1S/C14H16N4O5S2/c1-9(19)18-25(22,23)14-8-11(17-16)4-7-13(14)24(20,21)12-5-2-10(15)3-6-12/h2-8,17H,15-16H2,1H3,(H,18,19). The first-order valence-electron chi connectivity index (χ1n) is 6.82. The molecule has 0 heterocycles. The molecule has 0 radical (unpaired) electrons. The van der Waals surface area contributed by atoms with Gasteiger partial charge in [0.05, 0.1) is 9.79 Å². The first-order valence-corrected chi connectivity index (χ1v) is 9.79. The molecule has 0 fully saturated rings. The number of hydrogen-bond acceptors (Lipinski definition) is 8. The van der Waals surface area contributed by atoms with Crippen molar-refractivity contribution in [1.29, 1.82) is 0 Å². The Balaban J connectivity index is 2.73. The number of hydrogen-bond donors (Lipinski definition) is 4. The van der Waals surface area contributed by atoms with Crippen LogP contribution in [0.4, 0.5) is 11.4 Å². The van der Waals surface area contributed by atoms with Crippen molar-refractivity contribution in [2.75, 3.05) is 11.2 Å². The van der Waals surface area contributed by atoms with E-state index in [-0.39, 0.29) is 10.6 Å². The average Bonchev–Trinajstić information content (AvgIpc) is 2.53. The van der Waals surface area contributed by atoms with E-state index in [4.69, 9.17) is 11.6 Å². The smallest absolute Gasteiger partial charge is 0.265 e. The number of sulfonamides is 1. The van der Waals surface area contributed by atoms with Crippen LogP contribution in [0.3, 0.4) is 0 Å². The van der Waals surface area contributed by atoms with Crippen LogP contribution in [0, 0.1) is 0 Å². The molecule has 2 aromatic rings. The van der Waals surface area contributed by atoms with E-state index in [0.29, 0.717) is 5.69 Å². The van der Waals surface area contributed by atoms with Gasteiger partial charge in [0.2, 0.25) is 15.7 Å². The molecule has 6 N–H and O–H groups in total. The summed E-state index contributed by atoms with van der Waals surface area (Å²) in [5, 5.41) is 0. The quantitative estimate of drug-likeness (QED) is 0.323. The van der Waals surface area contributed by atoms with Gasteiger partial charge in [-0.15, -0.1) is 0 Å². The van der Waals surface area contributed by atoms with Crippen molar-refractivity contribution in [3.05, 3.63) is 42.5 Å². The van der Waals surface area contributed by atoms with Crippen LogP contribution in [0.15, 0.2) is 57.2 Å². The number of sulfone groups is 1. The van der Waals surface area contributed by atoms with Gasteiger partial charge in [0.15, 0.2) is 0 Å². The minimum absolute atomic E-state index is 0.144. The molecule has 0 aliphatic carbocycles. The van der Waals surface area contributed by atoms with Crippen molar-refractivity contribution in [3.63, 3.8) is 0 Å². The van der Waals surface area contributed by atoms with Gasteiger partial charge in [-0.05, 0) is 42.5 Å². The largest absolute Gasteiger partial charge is 0.399 e. The summed E-state index contributed by atoms with van der Waals surface area (Å²) in [5.74, 6) is 4.40. The Labute approximate surface area is 145 Å². The molecule has 0 spiro atoms. The van der Waals surface area contributed by atoms with E-state index in [1.54, 1.807) is 4.72 Å². The van der Waals surface area contributed by atoms with Crippen molar-refractivity contribution >= 4 is 37.1 Å². The highest BCUT2D eigenvalue weighted by Crippen LogP contribution is 2.29. The van der Waals surface area contributed by atoms with Crippen molar-refractivity contribution in [3.8, 4) is 0 Å². The molecule has 2 rings (SSSR count). The van der Waals surface area contributed by atoms with Gasteiger partial charge in [0.1, 0.15) is 4.90 Å². The molecule has 0 saturated carbocycles. The Hall–Kier alpha value is -2.63. The van der Waals surface area contributed by atoms with Crippen LogP contribution in [0.25, 0.3) is 0 Å². The summed E-state index contributed by atoms with van der Waals surface area (Å²) in [4.78, 5) is 9.92. The normalized spacial score (nSPS) is 11.8. The predicted octanol–water partition coefficient (Wildman–Crippen LogP) is 0.212. The zero-order valence-corrected chi connectivity index (χ0v) is 14.7. The minimum atomic E-state index is -4.42. The molecule has 0 bridgehead atoms. The number of nitrogen functional groups attached to an aromatic ring is 2. The lowest BCUT2D eigenvalue weighted by molar-refractivity contribution is -0.117. The molecule has 0 aromatic heterocycles. The van der Waals surface area contributed by atoms with Crippen LogP contribution in [0.5, 0.6) is 0 Å². The van der Waals surface area contributed by atoms with Crippen LogP contribution in [0.2, 0.25) is 0 Å². The van der Waals surface area contributed by atoms with Gasteiger partial charge in [-0.2, -0.15) is 0 Å². The third-order valence-corrected chi connectivity index (χ3v) is 6.59. The molecule has 9 nitrogen and oxygen atoms in total. The molecule has 0 unspecified atom stereocenters. The number of nitrogens with two attached hydrogens (primary N) is 2. The van der Waals surface area contributed by atoms with E-state index >= 15 is 0 Å². The van der Waals surface area contributed by atoms with Gasteiger partial charge in [-0.1, -0.05) is 0 Å². The number of carbonyl (C=O) groups excluding carboxylic acids is 1. The van der Waals surface area contributed by atoms with Gasteiger partial charge in [0, 0.05) is 18.3 Å². The Morgan fingerprint density at radius 1 is 0.960 bits per heavy atom. The zero-order valence-electron chi connectivity index (χ0n) is 13.1. The number of nitrogens with one attached hydrogen (secondary N) is 2. The van der Waals surface area contributed by atoms with E-state index in [2.05, 4.69) is 5.43 Å². The van der Waals surface area contributed by atoms with Crippen LogP contribution in [-0.2, 0) is 24.7 Å². The number of carbonyl (C=O) groups is 1. The summed E-state index contributed by atoms with van der Waals surface area (Å²) < 4.78 is 52.2. The predicted molar refractivity (Wildman–Crippen MR) is 91.6 cm³/mol. The Morgan fingerprint density at radius 3 is 2.08 bits per heavy atom. The van der Waals surface area contributed by atoms with E-state index < -0.39 is 35.6 Å². The van der Waals surface area contributed by atoms with E-state index in [9.17, 15) is 21.6 Å². The Bertz CT molecular complexity index is 1020. The van der Waals surface area contributed by atoms with Crippen LogP contribution < -0.4 is 21.7 Å². The molecule has 134 valence electrons. The van der Waals surface area contributed by atoms with Gasteiger partial charge < -0.3 is 11.2 Å². The second kappa shape index (κ2) is 6.70. The number of amides is 1. The summed E-state index contributed by atoms with van der Waals surface area (Å²) in [7, 11) is -8.61. The van der Waals surface area contributed by atoms with Gasteiger partial charge in [-0.3, -0.25) is 10.6 Å². The summed E-state index contributed by atoms with van der Waals surface area (Å²) >= 11 is 0. The molecule has 11 heteroatoms. The minimum Gasteiger partial charge on any atom is -0.399 e. The maximum atomic E-state index is 12.8. The van der Waals surface area contributed by atoms with Gasteiger partial charge in [-0.25, -0.2) is 21.6 Å². The molecule has 0 saturated heterocycles. The van der Waals surface area contributed by atoms with Crippen molar-refractivity contribution in [2.45, 2.75) is 21.6 Å². The van der Waals surface area contributed by atoms with E-state index in [1.165, 1.54) is 30.3 Å². The van der Waals surface area contributed by atoms with E-state index in [0.717, 1.165) is 19.1 Å². The Kier molecular flexibility index (Phi) is 5.02. The summed E-state index contributed by atoms with van der Waals surface area (Å²) in [6.45, 7) is 0.997. The highest BCUT2D eigenvalue weighted by molar-refractivity contribution is 7.94. The Morgan fingerprint density at radius 2 is 1.56 bits per heavy atom. The van der Waals surface area contributed by atoms with Crippen molar-refractivity contribution in [1.82, 2.24) is 4.72 Å². The van der Waals surface area contributed by atoms with Crippen molar-refractivity contribution < 1.29 is 21.6 Å². The van der Waals surface area contributed by atoms with Crippen LogP contribution in [-0.4, -0.2) is 22.7 Å². The average molecular weight is 384 g/mol. The SMILES string of the molecule is CC(=O)NS(=O)(=O)c1cc(NN)ccc1S(=O)(=O)c1ccc(N)cc1. The first kappa shape index (κ1) is 18.7. The third kappa shape index (κ3) is 3.90. The number of hydrazine groups is 1. The number of anilines is 2. The third-order valence-electron chi connectivity index (χ3n) is 3.16. The molecule has 0 aliphatic heterocycles. The topological polar surface area (TPSA) is 161 Å². The van der Waals surface area contributed by atoms with Gasteiger partial charge >= 0.3 is 0 Å². The fraction of sp³-hybridized carbons (Fsp3) is 0.0714. The fourth-order valence-corrected chi connectivity index (χ4v) is 5.13. The van der Waals surface area contributed by atoms with Crippen molar-refractivity contribution in [2.24, 2.45) is 5.84 Å². The lowest BCUT2D eigenvalue weighted by Gasteiger charge is -2.13. The summed E-state index contributed by atoms with van der Waals surface area (Å²) in [6.07, 6.45) is 0. The van der Waals surface area contributed by atoms with Crippen LogP contribution in [0.1, 0.15) is 6.92 Å². The lowest BCUT2D eigenvalue weighted by Crippen LogP contribution is -2.29. The maximum Gasteiger partial charge on any atom is 0.265 e. The van der Waals surface area contributed by atoms with Gasteiger partial charge in [0.25, 0.3) is 10.0 Å². The summed E-state index contributed by atoms with van der Waals surface area (Å²) in [5.41, 5.74) is 8.28. The molecule has 0 atom stereocenters.